The first-order chi connectivity index (χ1) is 10.5. The highest BCUT2D eigenvalue weighted by molar-refractivity contribution is 7.71. The fourth-order valence-corrected chi connectivity index (χ4v) is 3.32. The van der Waals surface area contributed by atoms with Gasteiger partial charge in [0.05, 0.1) is 6.04 Å². The number of rotatable bonds is 1. The van der Waals surface area contributed by atoms with Gasteiger partial charge in [-0.1, -0.05) is 29.3 Å². The van der Waals surface area contributed by atoms with E-state index in [9.17, 15) is 4.79 Å². The predicted molar refractivity (Wildman–Crippen MR) is 92.5 cm³/mol. The van der Waals surface area contributed by atoms with Gasteiger partial charge in [-0.05, 0) is 31.3 Å². The van der Waals surface area contributed by atoms with Gasteiger partial charge < -0.3 is 10.3 Å². The lowest BCUT2D eigenvalue weighted by molar-refractivity contribution is 0.818. The maximum atomic E-state index is 12.0. The summed E-state index contributed by atoms with van der Waals surface area (Å²) in [6.45, 7) is 1.86. The number of aromatic nitrogens is 2. The molecule has 1 aromatic carbocycles. The second kappa shape index (κ2) is 5.87. The molecule has 1 atom stereocenters. The Balaban J connectivity index is 2.16. The van der Waals surface area contributed by atoms with Crippen molar-refractivity contribution in [2.24, 2.45) is 4.99 Å². The molecule has 0 amide bonds. The van der Waals surface area contributed by atoms with Gasteiger partial charge in [-0.3, -0.25) is 9.78 Å². The van der Waals surface area contributed by atoms with Crippen molar-refractivity contribution in [3.63, 3.8) is 0 Å². The van der Waals surface area contributed by atoms with Gasteiger partial charge >= 0.3 is 0 Å². The van der Waals surface area contributed by atoms with Crippen molar-refractivity contribution in [2.75, 3.05) is 5.32 Å². The van der Waals surface area contributed by atoms with Crippen LogP contribution in [0.2, 0.25) is 10.0 Å². The fraction of sp³-hybridized carbons (Fsp3) is 0.214. The van der Waals surface area contributed by atoms with Gasteiger partial charge in [0, 0.05) is 27.7 Å². The second-order valence-corrected chi connectivity index (χ2v) is 6.24. The number of fused-ring (bicyclic) bond motifs is 1. The van der Waals surface area contributed by atoms with Crippen LogP contribution in [0.5, 0.6) is 0 Å². The Labute approximate surface area is 141 Å². The summed E-state index contributed by atoms with van der Waals surface area (Å²) in [5, 5.41) is 4.36. The van der Waals surface area contributed by atoms with Crippen LogP contribution in [-0.4, -0.2) is 15.7 Å². The van der Waals surface area contributed by atoms with E-state index in [4.69, 9.17) is 35.4 Å². The molecule has 1 aliphatic rings. The number of hydrogen-bond acceptors (Lipinski definition) is 4. The molecule has 1 aromatic heterocycles. The van der Waals surface area contributed by atoms with Gasteiger partial charge in [0.25, 0.3) is 5.56 Å². The molecule has 1 aliphatic heterocycles. The summed E-state index contributed by atoms with van der Waals surface area (Å²) in [6, 6.07) is 5.14. The van der Waals surface area contributed by atoms with Crippen molar-refractivity contribution < 1.29 is 0 Å². The molecule has 3 N–H and O–H groups in total. The maximum Gasteiger partial charge on any atom is 0.279 e. The SMILES string of the molecule is CC1=Nc2c([nH]c(=S)[nH]c2=O)N[C@H](c2c(Cl)cccc2Cl)C1. The number of H-pyrrole nitrogens is 2. The van der Waals surface area contributed by atoms with Gasteiger partial charge in [0.2, 0.25) is 0 Å². The molecule has 114 valence electrons. The molecule has 0 spiro atoms. The van der Waals surface area contributed by atoms with Gasteiger partial charge in [0.1, 0.15) is 5.82 Å². The molecule has 2 aromatic rings. The summed E-state index contributed by atoms with van der Waals surface area (Å²) in [6.07, 6.45) is 0.568. The molecule has 22 heavy (non-hydrogen) atoms. The highest BCUT2D eigenvalue weighted by Gasteiger charge is 2.24. The van der Waals surface area contributed by atoms with Gasteiger partial charge in [-0.25, -0.2) is 4.99 Å². The third-order valence-electron chi connectivity index (χ3n) is 3.39. The minimum absolute atomic E-state index is 0.210. The molecular formula is C14H12Cl2N4OS. The molecule has 8 heteroatoms. The molecule has 0 aliphatic carbocycles. The van der Waals surface area contributed by atoms with E-state index in [1.807, 2.05) is 6.92 Å². The number of halogens is 2. The van der Waals surface area contributed by atoms with Crippen LogP contribution < -0.4 is 10.9 Å². The van der Waals surface area contributed by atoms with E-state index in [2.05, 4.69) is 20.3 Å². The number of anilines is 1. The first-order valence-electron chi connectivity index (χ1n) is 6.57. The smallest absolute Gasteiger partial charge is 0.279 e. The number of nitrogens with one attached hydrogen (secondary N) is 3. The molecule has 3 rings (SSSR count). The summed E-state index contributed by atoms with van der Waals surface area (Å²) >= 11 is 17.6. The van der Waals surface area contributed by atoms with Crippen molar-refractivity contribution >= 4 is 52.6 Å². The quantitative estimate of drug-likeness (QED) is 0.665. The monoisotopic (exact) mass is 354 g/mol. The number of hydrogen-bond donors (Lipinski definition) is 3. The van der Waals surface area contributed by atoms with E-state index in [-0.39, 0.29) is 22.1 Å². The zero-order chi connectivity index (χ0) is 15.9. The molecule has 0 unspecified atom stereocenters. The summed E-state index contributed by atoms with van der Waals surface area (Å²) in [5.74, 6) is 0.464. The van der Waals surface area contributed by atoms with Crippen LogP contribution in [0.3, 0.4) is 0 Å². The van der Waals surface area contributed by atoms with Crippen LogP contribution in [0, 0.1) is 4.77 Å². The molecule has 0 bridgehead atoms. The van der Waals surface area contributed by atoms with Crippen molar-refractivity contribution in [3.8, 4) is 0 Å². The first-order valence-corrected chi connectivity index (χ1v) is 7.73. The zero-order valence-electron chi connectivity index (χ0n) is 11.5. The maximum absolute atomic E-state index is 12.0. The summed E-state index contributed by atoms with van der Waals surface area (Å²) in [7, 11) is 0. The lowest BCUT2D eigenvalue weighted by Gasteiger charge is -2.20. The van der Waals surface area contributed by atoms with E-state index >= 15 is 0 Å². The number of nitrogens with zero attached hydrogens (tertiary/aromatic N) is 1. The van der Waals surface area contributed by atoms with E-state index < -0.39 is 0 Å². The van der Waals surface area contributed by atoms with Crippen molar-refractivity contribution in [3.05, 3.63) is 48.9 Å². The molecular weight excluding hydrogens is 343 g/mol. The Bertz CT molecular complexity index is 867. The molecule has 0 saturated carbocycles. The Morgan fingerprint density at radius 2 is 1.95 bits per heavy atom. The van der Waals surface area contributed by atoms with E-state index in [1.165, 1.54) is 0 Å². The predicted octanol–water partition coefficient (Wildman–Crippen LogP) is 4.39. The first kappa shape index (κ1) is 15.3. The highest BCUT2D eigenvalue weighted by Crippen LogP contribution is 2.37. The van der Waals surface area contributed by atoms with Gasteiger partial charge in [-0.15, -0.1) is 0 Å². The van der Waals surface area contributed by atoms with E-state index in [0.29, 0.717) is 22.3 Å². The van der Waals surface area contributed by atoms with Crippen LogP contribution in [0.4, 0.5) is 11.5 Å². The van der Waals surface area contributed by atoms with Gasteiger partial charge in [0.15, 0.2) is 10.5 Å². The average Bonchev–Trinajstić information content (AvgIpc) is 2.57. The second-order valence-electron chi connectivity index (χ2n) is 5.02. The van der Waals surface area contributed by atoms with Crippen LogP contribution in [0.15, 0.2) is 28.0 Å². The Kier molecular flexibility index (Phi) is 4.08. The molecule has 0 saturated heterocycles. The zero-order valence-corrected chi connectivity index (χ0v) is 13.9. The summed E-state index contributed by atoms with van der Waals surface area (Å²) in [5.41, 5.74) is 1.50. The Morgan fingerprint density at radius 1 is 1.27 bits per heavy atom. The fourth-order valence-electron chi connectivity index (χ4n) is 2.47. The molecule has 0 fully saturated rings. The molecule has 2 heterocycles. The third kappa shape index (κ3) is 2.82. The summed E-state index contributed by atoms with van der Waals surface area (Å²) in [4.78, 5) is 21.8. The lowest BCUT2D eigenvalue weighted by atomic mass is 10.0. The van der Waals surface area contributed by atoms with Crippen molar-refractivity contribution in [1.82, 2.24) is 9.97 Å². The van der Waals surface area contributed by atoms with E-state index in [1.54, 1.807) is 18.2 Å². The van der Waals surface area contributed by atoms with Crippen LogP contribution in [0.1, 0.15) is 24.9 Å². The Hall–Kier alpha value is -1.63. The minimum atomic E-state index is -0.337. The number of aromatic amines is 2. The Morgan fingerprint density at radius 3 is 2.64 bits per heavy atom. The lowest BCUT2D eigenvalue weighted by Crippen LogP contribution is -2.16. The van der Waals surface area contributed by atoms with Crippen molar-refractivity contribution in [1.29, 1.82) is 0 Å². The van der Waals surface area contributed by atoms with Crippen LogP contribution in [-0.2, 0) is 0 Å². The largest absolute Gasteiger partial charge is 0.362 e. The van der Waals surface area contributed by atoms with Crippen molar-refractivity contribution in [2.45, 2.75) is 19.4 Å². The summed E-state index contributed by atoms with van der Waals surface area (Å²) < 4.78 is 0.231. The number of benzene rings is 1. The minimum Gasteiger partial charge on any atom is -0.362 e. The molecule has 0 radical (unpaired) electrons. The third-order valence-corrected chi connectivity index (χ3v) is 4.25. The highest BCUT2D eigenvalue weighted by atomic mass is 35.5. The van der Waals surface area contributed by atoms with Crippen LogP contribution >= 0.6 is 35.4 Å². The van der Waals surface area contributed by atoms with E-state index in [0.717, 1.165) is 11.3 Å². The normalized spacial score (nSPS) is 17.2. The number of aliphatic imine (C=N–C) groups is 1. The topological polar surface area (TPSA) is 73.0 Å². The standard InChI is InChI=1S/C14H12Cl2N4OS/c1-6-5-9(10-7(15)3-2-4-8(10)16)18-12-11(17-6)13(21)20-14(22)19-12/h2-4,9H,5H2,1H3,(H3,18,19,20,21,22)/t9-/m0/s1. The molecule has 5 nitrogen and oxygen atoms in total. The average molecular weight is 355 g/mol. The van der Waals surface area contributed by atoms with Gasteiger partial charge in [-0.2, -0.15) is 0 Å². The van der Waals surface area contributed by atoms with Crippen LogP contribution in [0.25, 0.3) is 0 Å².